The van der Waals surface area contributed by atoms with E-state index in [0.717, 1.165) is 16.7 Å². The van der Waals surface area contributed by atoms with Crippen molar-refractivity contribution < 1.29 is 33.9 Å². The third-order valence-electron chi connectivity index (χ3n) is 5.92. The molecule has 14 nitrogen and oxygen atoms in total. The first-order chi connectivity index (χ1) is 19.1. The van der Waals surface area contributed by atoms with E-state index in [4.69, 9.17) is 5.73 Å². The van der Waals surface area contributed by atoms with Crippen molar-refractivity contribution in [3.8, 4) is 0 Å². The number of fused-ring (bicyclic) bond motifs is 1. The highest BCUT2D eigenvalue weighted by Crippen LogP contribution is 2.41. The molecule has 2 aromatic heterocycles. The number of carbonyl (C=O) groups is 5. The second-order valence-electron chi connectivity index (χ2n) is 8.57. The van der Waals surface area contributed by atoms with Gasteiger partial charge in [-0.2, -0.15) is 0 Å². The Morgan fingerprint density at radius 2 is 2.10 bits per heavy atom. The highest BCUT2D eigenvalue weighted by molar-refractivity contribution is 8.01. The summed E-state index contributed by atoms with van der Waals surface area (Å²) in [7, 11) is 0. The van der Waals surface area contributed by atoms with E-state index in [0.29, 0.717) is 32.4 Å². The molecule has 1 saturated heterocycles. The molecule has 212 valence electrons. The van der Waals surface area contributed by atoms with E-state index in [1.807, 2.05) is 6.92 Å². The van der Waals surface area contributed by atoms with E-state index in [-0.39, 0.29) is 17.2 Å². The van der Waals surface area contributed by atoms with Crippen molar-refractivity contribution in [1.82, 2.24) is 25.9 Å². The molecule has 2 aliphatic heterocycles. The second-order valence-corrected chi connectivity index (χ2v) is 11.7. The molecule has 17 heteroatoms. The van der Waals surface area contributed by atoms with Gasteiger partial charge in [0, 0.05) is 27.5 Å². The minimum atomic E-state index is -1.29. The number of nitrogens with one attached hydrogen (secondary N) is 3. The van der Waals surface area contributed by atoms with Crippen molar-refractivity contribution in [2.45, 2.75) is 35.8 Å². The Bertz CT molecular complexity index is 1370. The van der Waals surface area contributed by atoms with Crippen LogP contribution in [0.4, 0.5) is 4.79 Å². The maximum absolute atomic E-state index is 13.2. The van der Waals surface area contributed by atoms with Crippen LogP contribution in [0.1, 0.15) is 23.5 Å². The van der Waals surface area contributed by atoms with Gasteiger partial charge in [0.15, 0.2) is 0 Å². The molecule has 1 fully saturated rings. The van der Waals surface area contributed by atoms with E-state index in [9.17, 15) is 34.3 Å². The Balaban J connectivity index is 1.45. The zero-order valence-electron chi connectivity index (χ0n) is 21.0. The molecule has 2 aliphatic rings. The Kier molecular flexibility index (Phi) is 9.16. The lowest BCUT2D eigenvalue weighted by Crippen LogP contribution is -2.71. The van der Waals surface area contributed by atoms with Gasteiger partial charge in [0.05, 0.1) is 6.54 Å². The fourth-order valence-corrected chi connectivity index (χ4v) is 7.11. The van der Waals surface area contributed by atoms with Crippen molar-refractivity contribution in [2.24, 2.45) is 5.73 Å². The van der Waals surface area contributed by atoms with Gasteiger partial charge < -0.3 is 32.0 Å². The number of aromatic nitrogens is 2. The third kappa shape index (κ3) is 6.31. The number of β-lactam (4-membered cyclic amide) rings is 1. The lowest BCUT2D eigenvalue weighted by atomic mass is 10.0. The zero-order valence-corrected chi connectivity index (χ0v) is 23.4. The number of urea groups is 1. The number of aliphatic carboxylic acids is 1. The number of rotatable bonds is 11. The number of primary amides is 1. The molecule has 5 amide bonds. The standard InChI is InChI=1S/C23H25N7O7S3/c1-2-12-5-6-15(30(37)28-12)39-9-11-10-40-21-17(20(33)29(21)18(11)22(34)35)26-19(32)16(13-4-3-7-38-13)27-23(36)25-8-14(24)31/h3-7,16-17,21H,2,8-10H2,1H3,(H2,24,31)(H,26,32)(H,34,35)(H2,25,27,36)/t16?,17-,21?/m0/s1. The van der Waals surface area contributed by atoms with E-state index in [2.05, 4.69) is 21.0 Å². The number of nitrogens with two attached hydrogens (primary N) is 1. The molecule has 0 bridgehead atoms. The van der Waals surface area contributed by atoms with Crippen LogP contribution in [0.25, 0.3) is 0 Å². The summed E-state index contributed by atoms with van der Waals surface area (Å²) >= 11 is 3.60. The summed E-state index contributed by atoms with van der Waals surface area (Å²) in [6.45, 7) is 1.44. The van der Waals surface area contributed by atoms with Gasteiger partial charge in [0.2, 0.25) is 11.8 Å². The van der Waals surface area contributed by atoms with Gasteiger partial charge in [0.1, 0.15) is 28.8 Å². The van der Waals surface area contributed by atoms with Crippen molar-refractivity contribution in [2.75, 3.05) is 18.1 Å². The fourth-order valence-electron chi connectivity index (χ4n) is 3.99. The van der Waals surface area contributed by atoms with Gasteiger partial charge in [-0.15, -0.1) is 23.1 Å². The smallest absolute Gasteiger partial charge is 0.352 e. The van der Waals surface area contributed by atoms with E-state index < -0.39 is 53.7 Å². The summed E-state index contributed by atoms with van der Waals surface area (Å²) in [6.07, 6.45) is 0.598. The van der Waals surface area contributed by atoms with Crippen LogP contribution in [-0.2, 0) is 25.6 Å². The molecule has 40 heavy (non-hydrogen) atoms. The molecule has 0 aliphatic carbocycles. The number of hydrogen-bond acceptors (Lipinski definition) is 10. The number of thiophene rings is 1. The predicted octanol–water partition coefficient (Wildman–Crippen LogP) is -0.305. The minimum Gasteiger partial charge on any atom is -0.593 e. The van der Waals surface area contributed by atoms with Crippen molar-refractivity contribution in [1.29, 1.82) is 0 Å². The topological polar surface area (TPSA) is 211 Å². The number of amides is 5. The van der Waals surface area contributed by atoms with E-state index in [1.165, 1.54) is 23.1 Å². The van der Waals surface area contributed by atoms with Gasteiger partial charge >= 0.3 is 12.0 Å². The largest absolute Gasteiger partial charge is 0.593 e. The summed E-state index contributed by atoms with van der Waals surface area (Å²) in [5, 5.41) is 34.7. The molecule has 6 N–H and O–H groups in total. The van der Waals surface area contributed by atoms with Crippen LogP contribution in [0, 0.1) is 5.21 Å². The lowest BCUT2D eigenvalue weighted by Gasteiger charge is -2.49. The molecule has 0 saturated carbocycles. The highest BCUT2D eigenvalue weighted by atomic mass is 32.2. The van der Waals surface area contributed by atoms with Gasteiger partial charge in [-0.1, -0.05) is 13.0 Å². The third-order valence-corrected chi connectivity index (χ3v) is 9.28. The maximum Gasteiger partial charge on any atom is 0.352 e. The maximum atomic E-state index is 13.2. The summed E-state index contributed by atoms with van der Waals surface area (Å²) in [4.78, 5) is 63.7. The first-order valence-electron chi connectivity index (χ1n) is 11.9. The average Bonchev–Trinajstić information content (AvgIpc) is 3.46. The van der Waals surface area contributed by atoms with Gasteiger partial charge in [0.25, 0.3) is 10.9 Å². The average molecular weight is 608 g/mol. The first-order valence-corrected chi connectivity index (χ1v) is 14.8. The summed E-state index contributed by atoms with van der Waals surface area (Å²) in [5.74, 6) is -2.93. The molecule has 4 heterocycles. The Morgan fingerprint density at radius 3 is 2.73 bits per heavy atom. The monoisotopic (exact) mass is 607 g/mol. The number of hydrogen-bond donors (Lipinski definition) is 5. The molecular formula is C23H25N7O7S3. The number of nitrogens with zero attached hydrogens (tertiary/aromatic N) is 3. The van der Waals surface area contributed by atoms with E-state index >= 15 is 0 Å². The number of carboxylic acids is 1. The van der Waals surface area contributed by atoms with Crippen LogP contribution in [0.3, 0.4) is 0 Å². The summed E-state index contributed by atoms with van der Waals surface area (Å²) in [5.41, 5.74) is 5.94. The Labute approximate surface area is 240 Å². The predicted molar refractivity (Wildman–Crippen MR) is 146 cm³/mol. The van der Waals surface area contributed by atoms with Crippen LogP contribution in [0.5, 0.6) is 0 Å². The Hall–Kier alpha value is -3.83. The molecule has 0 spiro atoms. The quantitative estimate of drug-likeness (QED) is 0.0974. The molecular weight excluding hydrogens is 582 g/mol. The molecule has 0 aromatic carbocycles. The van der Waals surface area contributed by atoms with Gasteiger partial charge in [-0.05, 0) is 46.1 Å². The summed E-state index contributed by atoms with van der Waals surface area (Å²) in [6, 6.07) is 3.65. The SMILES string of the molecule is CCc1ccc(SCC2=C(C(=O)O)N3C(=O)[C@H](NC(=O)C(NC(=O)NCC(N)=O)c4cccs4)C3SC2)[n+]([O-])n1. The molecule has 2 aromatic rings. The number of aryl methyl sites for hydroxylation is 1. The van der Waals surface area contributed by atoms with Crippen molar-refractivity contribution in [3.05, 3.63) is 56.7 Å². The molecule has 4 rings (SSSR count). The first kappa shape index (κ1) is 29.2. The normalized spacial score (nSPS) is 18.8. The number of carbonyl (C=O) groups excluding carboxylic acids is 4. The highest BCUT2D eigenvalue weighted by Gasteiger charge is 2.54. The van der Waals surface area contributed by atoms with Crippen LogP contribution < -0.4 is 26.5 Å². The van der Waals surface area contributed by atoms with Crippen LogP contribution in [0.2, 0.25) is 0 Å². The second kappa shape index (κ2) is 12.6. The molecule has 0 radical (unpaired) electrons. The van der Waals surface area contributed by atoms with Gasteiger partial charge in [-0.25, -0.2) is 9.59 Å². The van der Waals surface area contributed by atoms with Crippen molar-refractivity contribution >= 4 is 64.6 Å². The number of thioether (sulfide) groups is 2. The molecule has 3 atom stereocenters. The van der Waals surface area contributed by atoms with Crippen LogP contribution in [0.15, 0.2) is 45.9 Å². The minimum absolute atomic E-state index is 0.155. The Morgan fingerprint density at radius 1 is 1.32 bits per heavy atom. The lowest BCUT2D eigenvalue weighted by molar-refractivity contribution is -0.707. The van der Waals surface area contributed by atoms with E-state index in [1.54, 1.807) is 29.6 Å². The fraction of sp³-hybridized carbons (Fsp3) is 0.348. The van der Waals surface area contributed by atoms with Gasteiger partial charge in [-0.3, -0.25) is 19.3 Å². The van der Waals surface area contributed by atoms with Crippen LogP contribution in [-0.4, -0.2) is 74.3 Å². The molecule has 2 unspecified atom stereocenters. The zero-order chi connectivity index (χ0) is 29.0. The van der Waals surface area contributed by atoms with Crippen LogP contribution >= 0.6 is 34.9 Å². The van der Waals surface area contributed by atoms with Crippen molar-refractivity contribution in [3.63, 3.8) is 0 Å². The number of carboxylic acid groups (broad SMARTS) is 1. The summed E-state index contributed by atoms with van der Waals surface area (Å²) < 4.78 is 0.